The van der Waals surface area contributed by atoms with Crippen molar-refractivity contribution in [2.24, 2.45) is 0 Å². The number of amides is 1. The molecule has 0 fully saturated rings. The van der Waals surface area contributed by atoms with Gasteiger partial charge in [-0.2, -0.15) is 0 Å². The van der Waals surface area contributed by atoms with Crippen LogP contribution in [0.4, 0.5) is 11.4 Å². The monoisotopic (exact) mass is 282 g/mol. The van der Waals surface area contributed by atoms with Crippen LogP contribution >= 0.6 is 0 Å². The summed E-state index contributed by atoms with van der Waals surface area (Å²) < 4.78 is 5.48. The summed E-state index contributed by atoms with van der Waals surface area (Å²) in [5, 5.41) is 6.23. The molecular weight excluding hydrogens is 264 g/mol. The number of nitrogens with one attached hydrogen (secondary N) is 2. The number of hydrogen-bond donors (Lipinski definition) is 2. The summed E-state index contributed by atoms with van der Waals surface area (Å²) in [6, 6.07) is 15.3. The van der Waals surface area contributed by atoms with Crippen LogP contribution in [0.25, 0.3) is 0 Å². The van der Waals surface area contributed by atoms with E-state index < -0.39 is 0 Å². The molecule has 0 saturated carbocycles. The Kier molecular flexibility index (Phi) is 3.88. The summed E-state index contributed by atoms with van der Waals surface area (Å²) in [7, 11) is 0. The highest BCUT2D eigenvalue weighted by Gasteiger charge is 2.30. The summed E-state index contributed by atoms with van der Waals surface area (Å²) in [4.78, 5) is 12.2. The smallest absolute Gasteiger partial charge is 0.251 e. The molecule has 1 atom stereocenters. The Labute approximate surface area is 124 Å². The van der Waals surface area contributed by atoms with Gasteiger partial charge in [0.05, 0.1) is 6.61 Å². The standard InChI is InChI=1S/C17H18N2O2/c1-2-21-11-12-7-3-5-9-14(12)18-16-13-8-4-6-10-15(13)19-17(16)20/h3-10,16,18H,2,11H2,1H3,(H,19,20). The first kappa shape index (κ1) is 13.6. The van der Waals surface area contributed by atoms with Crippen LogP contribution in [-0.4, -0.2) is 12.5 Å². The molecule has 0 spiro atoms. The fraction of sp³-hybridized carbons (Fsp3) is 0.235. The molecule has 4 nitrogen and oxygen atoms in total. The lowest BCUT2D eigenvalue weighted by Crippen LogP contribution is -2.20. The molecule has 2 N–H and O–H groups in total. The molecule has 2 aromatic carbocycles. The Morgan fingerprint density at radius 3 is 2.76 bits per heavy atom. The van der Waals surface area contributed by atoms with Crippen LogP contribution in [0.2, 0.25) is 0 Å². The van der Waals surface area contributed by atoms with Gasteiger partial charge in [0.1, 0.15) is 6.04 Å². The van der Waals surface area contributed by atoms with Crippen molar-refractivity contribution in [1.29, 1.82) is 0 Å². The molecule has 108 valence electrons. The predicted molar refractivity (Wildman–Crippen MR) is 83.2 cm³/mol. The van der Waals surface area contributed by atoms with E-state index in [4.69, 9.17) is 4.74 Å². The van der Waals surface area contributed by atoms with Crippen LogP contribution in [0.3, 0.4) is 0 Å². The highest BCUT2D eigenvalue weighted by atomic mass is 16.5. The van der Waals surface area contributed by atoms with E-state index in [-0.39, 0.29) is 11.9 Å². The maximum absolute atomic E-state index is 12.2. The van der Waals surface area contributed by atoms with Crippen molar-refractivity contribution in [2.75, 3.05) is 17.2 Å². The minimum absolute atomic E-state index is 0.0255. The third-order valence-corrected chi connectivity index (χ3v) is 3.57. The first-order chi connectivity index (χ1) is 10.3. The predicted octanol–water partition coefficient (Wildman–Crippen LogP) is 3.33. The van der Waals surface area contributed by atoms with Crippen molar-refractivity contribution in [3.63, 3.8) is 0 Å². The zero-order valence-corrected chi connectivity index (χ0v) is 11.9. The maximum Gasteiger partial charge on any atom is 0.251 e. The van der Waals surface area contributed by atoms with E-state index in [1.54, 1.807) is 0 Å². The summed E-state index contributed by atoms with van der Waals surface area (Å²) in [6.07, 6.45) is 0. The van der Waals surface area contributed by atoms with Crippen LogP contribution < -0.4 is 10.6 Å². The Hall–Kier alpha value is -2.33. The van der Waals surface area contributed by atoms with Crippen LogP contribution in [0.1, 0.15) is 24.1 Å². The van der Waals surface area contributed by atoms with E-state index in [9.17, 15) is 4.79 Å². The fourth-order valence-corrected chi connectivity index (χ4v) is 2.51. The maximum atomic E-state index is 12.2. The second kappa shape index (κ2) is 5.97. The van der Waals surface area contributed by atoms with E-state index in [2.05, 4.69) is 10.6 Å². The third-order valence-electron chi connectivity index (χ3n) is 3.57. The number of carbonyl (C=O) groups excluding carboxylic acids is 1. The summed E-state index contributed by atoms with van der Waals surface area (Å²) in [5.41, 5.74) is 3.84. The number of carbonyl (C=O) groups is 1. The molecule has 1 aliphatic rings. The molecule has 0 bridgehead atoms. The SMILES string of the molecule is CCOCc1ccccc1NC1C(=O)Nc2ccccc21. The minimum atomic E-state index is -0.357. The van der Waals surface area contributed by atoms with Gasteiger partial charge < -0.3 is 15.4 Å². The lowest BCUT2D eigenvalue weighted by Gasteiger charge is -2.16. The van der Waals surface area contributed by atoms with E-state index >= 15 is 0 Å². The largest absolute Gasteiger partial charge is 0.377 e. The van der Waals surface area contributed by atoms with Crippen LogP contribution in [0, 0.1) is 0 Å². The normalized spacial score (nSPS) is 16.4. The molecule has 0 radical (unpaired) electrons. The molecule has 1 heterocycles. The molecule has 3 rings (SSSR count). The average molecular weight is 282 g/mol. The Balaban J connectivity index is 1.86. The minimum Gasteiger partial charge on any atom is -0.377 e. The Morgan fingerprint density at radius 1 is 1.14 bits per heavy atom. The van der Waals surface area contributed by atoms with E-state index in [0.29, 0.717) is 13.2 Å². The van der Waals surface area contributed by atoms with Crippen molar-refractivity contribution in [1.82, 2.24) is 0 Å². The number of fused-ring (bicyclic) bond motifs is 1. The zero-order chi connectivity index (χ0) is 14.7. The van der Waals surface area contributed by atoms with Crippen molar-refractivity contribution in [3.05, 3.63) is 59.7 Å². The highest BCUT2D eigenvalue weighted by Crippen LogP contribution is 2.33. The second-order valence-corrected chi connectivity index (χ2v) is 4.95. The lowest BCUT2D eigenvalue weighted by atomic mass is 10.1. The number of anilines is 2. The molecule has 0 saturated heterocycles. The van der Waals surface area contributed by atoms with Gasteiger partial charge in [-0.25, -0.2) is 0 Å². The third kappa shape index (κ3) is 2.76. The van der Waals surface area contributed by atoms with Crippen molar-refractivity contribution in [2.45, 2.75) is 19.6 Å². The number of para-hydroxylation sites is 2. The topological polar surface area (TPSA) is 50.4 Å². The Morgan fingerprint density at radius 2 is 1.90 bits per heavy atom. The Bertz CT molecular complexity index is 655. The molecule has 1 unspecified atom stereocenters. The molecule has 1 amide bonds. The molecule has 4 heteroatoms. The van der Waals surface area contributed by atoms with Gasteiger partial charge in [0.15, 0.2) is 0 Å². The fourth-order valence-electron chi connectivity index (χ4n) is 2.51. The number of rotatable bonds is 5. The van der Waals surface area contributed by atoms with Crippen LogP contribution in [0.15, 0.2) is 48.5 Å². The van der Waals surface area contributed by atoms with Gasteiger partial charge in [-0.1, -0.05) is 36.4 Å². The summed E-state index contributed by atoms with van der Waals surface area (Å²) >= 11 is 0. The number of benzene rings is 2. The summed E-state index contributed by atoms with van der Waals surface area (Å²) in [5.74, 6) is -0.0255. The van der Waals surface area contributed by atoms with Gasteiger partial charge in [0.25, 0.3) is 5.91 Å². The van der Waals surface area contributed by atoms with Gasteiger partial charge in [0, 0.05) is 29.1 Å². The molecule has 1 aliphatic heterocycles. The summed E-state index contributed by atoms with van der Waals surface area (Å²) in [6.45, 7) is 3.17. The van der Waals surface area contributed by atoms with E-state index in [0.717, 1.165) is 22.5 Å². The van der Waals surface area contributed by atoms with Crippen molar-refractivity contribution >= 4 is 17.3 Å². The second-order valence-electron chi connectivity index (χ2n) is 4.95. The van der Waals surface area contributed by atoms with E-state index in [1.807, 2.05) is 55.5 Å². The molecule has 21 heavy (non-hydrogen) atoms. The van der Waals surface area contributed by atoms with Crippen LogP contribution in [0.5, 0.6) is 0 Å². The molecule has 0 aromatic heterocycles. The molecule has 2 aromatic rings. The molecule has 0 aliphatic carbocycles. The molecular formula is C17H18N2O2. The zero-order valence-electron chi connectivity index (χ0n) is 11.9. The van der Waals surface area contributed by atoms with Gasteiger partial charge in [-0.15, -0.1) is 0 Å². The van der Waals surface area contributed by atoms with Gasteiger partial charge in [0.2, 0.25) is 0 Å². The first-order valence-corrected chi connectivity index (χ1v) is 7.11. The average Bonchev–Trinajstić information content (AvgIpc) is 2.82. The van der Waals surface area contributed by atoms with Crippen molar-refractivity contribution in [3.8, 4) is 0 Å². The van der Waals surface area contributed by atoms with Crippen molar-refractivity contribution < 1.29 is 9.53 Å². The van der Waals surface area contributed by atoms with Gasteiger partial charge in [-0.05, 0) is 19.1 Å². The number of hydrogen-bond acceptors (Lipinski definition) is 3. The lowest BCUT2D eigenvalue weighted by molar-refractivity contribution is -0.116. The van der Waals surface area contributed by atoms with Gasteiger partial charge >= 0.3 is 0 Å². The first-order valence-electron chi connectivity index (χ1n) is 7.11. The quantitative estimate of drug-likeness (QED) is 0.884. The highest BCUT2D eigenvalue weighted by molar-refractivity contribution is 6.04. The van der Waals surface area contributed by atoms with Crippen LogP contribution in [-0.2, 0) is 16.1 Å². The number of ether oxygens (including phenoxy) is 1. The van der Waals surface area contributed by atoms with Gasteiger partial charge in [-0.3, -0.25) is 4.79 Å². The van der Waals surface area contributed by atoms with E-state index in [1.165, 1.54) is 0 Å².